The lowest BCUT2D eigenvalue weighted by Crippen LogP contribution is -2.56. The number of anilines is 1. The first-order valence-electron chi connectivity index (χ1n) is 9.09. The van der Waals surface area contributed by atoms with E-state index in [0.29, 0.717) is 30.4 Å². The average molecular weight is 382 g/mol. The fourth-order valence-electron chi connectivity index (χ4n) is 3.58. The van der Waals surface area contributed by atoms with E-state index in [2.05, 4.69) is 29.1 Å². The average Bonchev–Trinajstić information content (AvgIpc) is 3.01. The lowest BCUT2D eigenvalue weighted by Gasteiger charge is -2.41. The van der Waals surface area contributed by atoms with E-state index in [9.17, 15) is 9.59 Å². The minimum absolute atomic E-state index is 0. The molecule has 1 unspecified atom stereocenters. The van der Waals surface area contributed by atoms with E-state index >= 15 is 0 Å². The van der Waals surface area contributed by atoms with E-state index in [1.807, 2.05) is 20.1 Å². The topological polar surface area (TPSA) is 110 Å². The molecule has 1 spiro atoms. The zero-order valence-electron chi connectivity index (χ0n) is 16.5. The Morgan fingerprint density at radius 2 is 1.96 bits per heavy atom. The van der Waals surface area contributed by atoms with Crippen LogP contribution in [-0.4, -0.2) is 40.6 Å². The van der Waals surface area contributed by atoms with Crippen LogP contribution in [0, 0.1) is 5.41 Å². The number of thioether (sulfide) groups is 1. The SMILES string of the molecule is CC.CCC(CC)N1C(=O)C2(CCNC2=O)Cc2cnc(SC)nc21.N. The van der Waals surface area contributed by atoms with Crippen LogP contribution < -0.4 is 16.4 Å². The first-order valence-corrected chi connectivity index (χ1v) is 10.3. The third-order valence-electron chi connectivity index (χ3n) is 4.93. The van der Waals surface area contributed by atoms with Crippen LogP contribution in [0.1, 0.15) is 52.5 Å². The van der Waals surface area contributed by atoms with Gasteiger partial charge in [-0.15, -0.1) is 0 Å². The number of amides is 2. The lowest BCUT2D eigenvalue weighted by atomic mass is 9.76. The van der Waals surface area contributed by atoms with Crippen molar-refractivity contribution in [3.63, 3.8) is 0 Å². The molecule has 1 aromatic heterocycles. The second-order valence-electron chi connectivity index (χ2n) is 6.12. The number of aromatic nitrogens is 2. The number of hydrogen-bond donors (Lipinski definition) is 2. The van der Waals surface area contributed by atoms with Gasteiger partial charge in [0.05, 0.1) is 0 Å². The quantitative estimate of drug-likeness (QED) is 0.471. The molecule has 2 aliphatic rings. The molecular weight excluding hydrogens is 350 g/mol. The third kappa shape index (κ3) is 3.57. The highest BCUT2D eigenvalue weighted by atomic mass is 32.2. The molecule has 2 aliphatic heterocycles. The van der Waals surface area contributed by atoms with Crippen molar-refractivity contribution < 1.29 is 9.59 Å². The van der Waals surface area contributed by atoms with Gasteiger partial charge in [0.1, 0.15) is 11.2 Å². The van der Waals surface area contributed by atoms with Crippen molar-refractivity contribution in [3.8, 4) is 0 Å². The monoisotopic (exact) mass is 381 g/mol. The van der Waals surface area contributed by atoms with Crippen molar-refractivity contribution in [2.24, 2.45) is 5.41 Å². The molecule has 26 heavy (non-hydrogen) atoms. The van der Waals surface area contributed by atoms with Gasteiger partial charge in [-0.2, -0.15) is 0 Å². The van der Waals surface area contributed by atoms with Gasteiger partial charge < -0.3 is 11.5 Å². The maximum absolute atomic E-state index is 13.3. The normalized spacial score (nSPS) is 21.1. The standard InChI is InChI=1S/C16H22N4O2S.C2H6.H3N/c1-4-11(5-2)20-12-10(9-18-15(19-12)23-3)8-16(14(20)22)6-7-17-13(16)21;1-2;/h9,11H,4-8H2,1-3H3,(H,17,21);1-2H3;1H3. The molecule has 0 bridgehead atoms. The molecule has 7 nitrogen and oxygen atoms in total. The smallest absolute Gasteiger partial charge is 0.244 e. The Hall–Kier alpha value is -1.67. The number of rotatable bonds is 4. The minimum Gasteiger partial charge on any atom is -0.355 e. The van der Waals surface area contributed by atoms with Gasteiger partial charge >= 0.3 is 0 Å². The number of carbonyl (C=O) groups is 2. The second kappa shape index (κ2) is 9.32. The third-order valence-corrected chi connectivity index (χ3v) is 5.49. The Bertz CT molecular complexity index is 650. The predicted octanol–water partition coefficient (Wildman–Crippen LogP) is 2.97. The van der Waals surface area contributed by atoms with Gasteiger partial charge in [0.15, 0.2) is 5.16 Å². The van der Waals surface area contributed by atoms with Gasteiger partial charge in [0.25, 0.3) is 0 Å². The van der Waals surface area contributed by atoms with Crippen molar-refractivity contribution in [1.29, 1.82) is 0 Å². The van der Waals surface area contributed by atoms with Crippen molar-refractivity contribution in [2.45, 2.75) is 64.6 Å². The Balaban J connectivity index is 0.00000109. The van der Waals surface area contributed by atoms with Crippen molar-refractivity contribution in [2.75, 3.05) is 17.7 Å². The van der Waals surface area contributed by atoms with E-state index < -0.39 is 5.41 Å². The summed E-state index contributed by atoms with van der Waals surface area (Å²) in [4.78, 5) is 36.4. The van der Waals surface area contributed by atoms with E-state index in [1.165, 1.54) is 11.8 Å². The van der Waals surface area contributed by atoms with Crippen LogP contribution >= 0.6 is 11.8 Å². The first-order chi connectivity index (χ1) is 12.1. The molecule has 0 aromatic carbocycles. The maximum Gasteiger partial charge on any atom is 0.244 e. The molecule has 1 fully saturated rings. The summed E-state index contributed by atoms with van der Waals surface area (Å²) in [6, 6.07) is 0.0523. The molecule has 3 rings (SSSR count). The summed E-state index contributed by atoms with van der Waals surface area (Å²) >= 11 is 1.46. The molecule has 3 heterocycles. The maximum atomic E-state index is 13.3. The lowest BCUT2D eigenvalue weighted by molar-refractivity contribution is -0.140. The minimum atomic E-state index is -0.972. The molecular formula is C18H31N5O2S. The number of nitrogens with one attached hydrogen (secondary N) is 1. The van der Waals surface area contributed by atoms with Gasteiger partial charge in [-0.05, 0) is 25.5 Å². The zero-order valence-corrected chi connectivity index (χ0v) is 17.3. The van der Waals surface area contributed by atoms with E-state index in [1.54, 1.807) is 11.1 Å². The molecule has 1 aromatic rings. The van der Waals surface area contributed by atoms with Crippen molar-refractivity contribution in [3.05, 3.63) is 11.8 Å². The Labute approximate surface area is 160 Å². The van der Waals surface area contributed by atoms with Gasteiger partial charge in [-0.25, -0.2) is 9.97 Å². The highest BCUT2D eigenvalue weighted by Crippen LogP contribution is 2.42. The molecule has 0 radical (unpaired) electrons. The largest absolute Gasteiger partial charge is 0.355 e. The van der Waals surface area contributed by atoms with Gasteiger partial charge in [-0.3, -0.25) is 14.5 Å². The van der Waals surface area contributed by atoms with Crippen molar-refractivity contribution >= 4 is 29.4 Å². The molecule has 146 valence electrons. The zero-order chi connectivity index (χ0) is 18.6. The molecule has 8 heteroatoms. The summed E-state index contributed by atoms with van der Waals surface area (Å²) in [7, 11) is 0. The fourth-order valence-corrected chi connectivity index (χ4v) is 3.91. The van der Waals surface area contributed by atoms with Crippen LogP contribution in [0.3, 0.4) is 0 Å². The number of carbonyl (C=O) groups excluding carboxylic acids is 2. The van der Waals surface area contributed by atoms with Crippen LogP contribution in [0.2, 0.25) is 0 Å². The molecule has 0 aliphatic carbocycles. The summed E-state index contributed by atoms with van der Waals surface area (Å²) in [5.74, 6) is 0.436. The molecule has 1 atom stereocenters. The molecule has 0 saturated carbocycles. The highest BCUT2D eigenvalue weighted by Gasteiger charge is 2.55. The van der Waals surface area contributed by atoms with Crippen LogP contribution in [0.5, 0.6) is 0 Å². The van der Waals surface area contributed by atoms with Crippen LogP contribution in [-0.2, 0) is 16.0 Å². The predicted molar refractivity (Wildman–Crippen MR) is 106 cm³/mol. The summed E-state index contributed by atoms with van der Waals surface area (Å²) < 4.78 is 0. The van der Waals surface area contributed by atoms with Gasteiger partial charge in [0, 0.05) is 30.8 Å². The fraction of sp³-hybridized carbons (Fsp3) is 0.667. The summed E-state index contributed by atoms with van der Waals surface area (Å²) in [6.07, 6.45) is 6.31. The van der Waals surface area contributed by atoms with Crippen LogP contribution in [0.25, 0.3) is 0 Å². The van der Waals surface area contributed by atoms with E-state index in [4.69, 9.17) is 0 Å². The number of nitrogens with zero attached hydrogens (tertiary/aromatic N) is 3. The van der Waals surface area contributed by atoms with Crippen molar-refractivity contribution in [1.82, 2.24) is 21.4 Å². The Morgan fingerprint density at radius 1 is 1.31 bits per heavy atom. The summed E-state index contributed by atoms with van der Waals surface area (Å²) in [5.41, 5.74) is -0.0776. The summed E-state index contributed by atoms with van der Waals surface area (Å²) in [6.45, 7) is 8.68. The first kappa shape index (κ1) is 22.4. The Morgan fingerprint density at radius 3 is 2.46 bits per heavy atom. The van der Waals surface area contributed by atoms with Crippen LogP contribution in [0.4, 0.5) is 5.82 Å². The molecule has 4 N–H and O–H groups in total. The number of hydrogen-bond acceptors (Lipinski definition) is 6. The highest BCUT2D eigenvalue weighted by molar-refractivity contribution is 7.98. The Kier molecular flexibility index (Phi) is 8.02. The van der Waals surface area contributed by atoms with E-state index in [0.717, 1.165) is 18.4 Å². The number of fused-ring (bicyclic) bond motifs is 1. The van der Waals surface area contributed by atoms with E-state index in [-0.39, 0.29) is 24.0 Å². The molecule has 2 amide bonds. The second-order valence-corrected chi connectivity index (χ2v) is 6.89. The van der Waals surface area contributed by atoms with Gasteiger partial charge in [0.2, 0.25) is 11.8 Å². The van der Waals surface area contributed by atoms with Crippen LogP contribution in [0.15, 0.2) is 11.4 Å². The van der Waals surface area contributed by atoms with Gasteiger partial charge in [-0.1, -0.05) is 39.5 Å². The molecule has 1 saturated heterocycles. The summed E-state index contributed by atoms with van der Waals surface area (Å²) in [5, 5.41) is 3.48.